The first-order valence-electron chi connectivity index (χ1n) is 6.95. The number of rotatable bonds is 4. The summed E-state index contributed by atoms with van der Waals surface area (Å²) in [7, 11) is 0. The normalized spacial score (nSPS) is 10.5. The van der Waals surface area contributed by atoms with Crippen molar-refractivity contribution < 1.29 is 4.39 Å². The number of nitrogens with zero attached hydrogens (tertiary/aromatic N) is 2. The average Bonchev–Trinajstić information content (AvgIpc) is 2.56. The highest BCUT2D eigenvalue weighted by atomic mass is 79.9. The fraction of sp³-hybridized carbons (Fsp3) is 0.0588. The van der Waals surface area contributed by atoms with Gasteiger partial charge in [-0.2, -0.15) is 0 Å². The fourth-order valence-electron chi connectivity index (χ4n) is 2.15. The molecule has 0 aliphatic heterocycles. The Balaban J connectivity index is 1.87. The average molecular weight is 374 g/mol. The number of hydrogen-bond donors (Lipinski definition) is 1. The third-order valence-corrected chi connectivity index (χ3v) is 3.98. The van der Waals surface area contributed by atoms with Gasteiger partial charge in [0.25, 0.3) is 5.56 Å². The van der Waals surface area contributed by atoms with Crippen molar-refractivity contribution in [1.82, 2.24) is 9.55 Å². The van der Waals surface area contributed by atoms with Crippen LogP contribution in [-0.4, -0.2) is 9.55 Å². The molecule has 1 N–H and O–H groups in total. The van der Waals surface area contributed by atoms with Crippen molar-refractivity contribution in [3.63, 3.8) is 0 Å². The summed E-state index contributed by atoms with van der Waals surface area (Å²) >= 11 is 3.28. The number of aromatic nitrogens is 2. The number of anilines is 2. The van der Waals surface area contributed by atoms with Crippen molar-refractivity contribution in [1.29, 1.82) is 0 Å². The lowest BCUT2D eigenvalue weighted by molar-refractivity contribution is 0.622. The van der Waals surface area contributed by atoms with Crippen molar-refractivity contribution >= 4 is 27.4 Å². The fourth-order valence-corrected chi connectivity index (χ4v) is 2.58. The third-order valence-electron chi connectivity index (χ3n) is 3.26. The van der Waals surface area contributed by atoms with Gasteiger partial charge in [-0.3, -0.25) is 9.36 Å². The maximum Gasteiger partial charge on any atom is 0.270 e. The lowest BCUT2D eigenvalue weighted by Crippen LogP contribution is -2.22. The summed E-state index contributed by atoms with van der Waals surface area (Å²) in [6, 6.07) is 15.6. The van der Waals surface area contributed by atoms with Gasteiger partial charge in [-0.15, -0.1) is 0 Å². The summed E-state index contributed by atoms with van der Waals surface area (Å²) < 4.78 is 15.0. The standard InChI is InChI=1S/C17H13BrFN3O/c18-15-16(21-14-7-2-1-3-8-14)20-11-22(17(15)23)10-12-5-4-6-13(19)9-12/h1-9,11,21H,10H2. The Labute approximate surface area is 140 Å². The van der Waals surface area contributed by atoms with E-state index >= 15 is 0 Å². The lowest BCUT2D eigenvalue weighted by atomic mass is 10.2. The van der Waals surface area contributed by atoms with Crippen molar-refractivity contribution in [2.24, 2.45) is 0 Å². The highest BCUT2D eigenvalue weighted by molar-refractivity contribution is 9.10. The van der Waals surface area contributed by atoms with E-state index in [9.17, 15) is 9.18 Å². The highest BCUT2D eigenvalue weighted by Crippen LogP contribution is 2.20. The Morgan fingerprint density at radius 2 is 1.91 bits per heavy atom. The summed E-state index contributed by atoms with van der Waals surface area (Å²) in [5.41, 5.74) is 1.30. The van der Waals surface area contributed by atoms with Crippen molar-refractivity contribution in [2.45, 2.75) is 6.54 Å². The van der Waals surface area contributed by atoms with Crippen molar-refractivity contribution in [3.05, 3.63) is 87.1 Å². The van der Waals surface area contributed by atoms with Crippen molar-refractivity contribution in [2.75, 3.05) is 5.32 Å². The van der Waals surface area contributed by atoms with E-state index in [2.05, 4.69) is 26.2 Å². The number of benzene rings is 2. The molecule has 0 aliphatic rings. The van der Waals surface area contributed by atoms with Gasteiger partial charge in [-0.25, -0.2) is 9.37 Å². The minimum absolute atomic E-state index is 0.234. The Bertz CT molecular complexity index is 881. The summed E-state index contributed by atoms with van der Waals surface area (Å²) in [6.07, 6.45) is 1.45. The molecule has 6 heteroatoms. The minimum atomic E-state index is -0.329. The summed E-state index contributed by atoms with van der Waals surface area (Å²) in [6.45, 7) is 0.258. The van der Waals surface area contributed by atoms with Gasteiger partial charge in [0, 0.05) is 5.69 Å². The van der Waals surface area contributed by atoms with Crippen LogP contribution in [0.5, 0.6) is 0 Å². The molecule has 1 heterocycles. The van der Waals surface area contributed by atoms with Crippen LogP contribution in [-0.2, 0) is 6.54 Å². The van der Waals surface area contributed by atoms with Crippen LogP contribution in [0.2, 0.25) is 0 Å². The van der Waals surface area contributed by atoms with E-state index in [0.717, 1.165) is 5.69 Å². The predicted octanol–water partition coefficient (Wildman–Crippen LogP) is 3.94. The quantitative estimate of drug-likeness (QED) is 0.753. The van der Waals surface area contributed by atoms with Gasteiger partial charge in [0.15, 0.2) is 5.82 Å². The van der Waals surface area contributed by atoms with E-state index in [4.69, 9.17) is 0 Å². The van der Waals surface area contributed by atoms with Gasteiger partial charge in [-0.05, 0) is 45.8 Å². The molecule has 0 spiro atoms. The first-order chi connectivity index (χ1) is 11.1. The molecule has 0 radical (unpaired) electrons. The molecule has 3 rings (SSSR count). The molecule has 0 saturated heterocycles. The molecule has 1 aromatic heterocycles. The zero-order chi connectivity index (χ0) is 16.2. The molecule has 0 atom stereocenters. The second-order valence-electron chi connectivity index (χ2n) is 4.96. The van der Waals surface area contributed by atoms with Crippen LogP contribution in [0.4, 0.5) is 15.9 Å². The minimum Gasteiger partial charge on any atom is -0.339 e. The van der Waals surface area contributed by atoms with Crippen LogP contribution in [0, 0.1) is 5.82 Å². The molecule has 3 aromatic rings. The Morgan fingerprint density at radius 1 is 1.13 bits per heavy atom. The molecular formula is C17H13BrFN3O. The SMILES string of the molecule is O=c1c(Br)c(Nc2ccccc2)ncn1Cc1cccc(F)c1. The van der Waals surface area contributed by atoms with Crippen LogP contribution in [0.25, 0.3) is 0 Å². The molecule has 0 unspecified atom stereocenters. The van der Waals surface area contributed by atoms with Crippen LogP contribution in [0.15, 0.2) is 70.2 Å². The van der Waals surface area contributed by atoms with Gasteiger partial charge in [0.2, 0.25) is 0 Å². The van der Waals surface area contributed by atoms with E-state index in [1.54, 1.807) is 12.1 Å². The van der Waals surface area contributed by atoms with Crippen molar-refractivity contribution in [3.8, 4) is 0 Å². The molecule has 116 valence electrons. The zero-order valence-electron chi connectivity index (χ0n) is 12.0. The van der Waals surface area contributed by atoms with Gasteiger partial charge in [0.1, 0.15) is 16.6 Å². The number of hydrogen-bond acceptors (Lipinski definition) is 3. The van der Waals surface area contributed by atoms with E-state index in [0.29, 0.717) is 15.9 Å². The van der Waals surface area contributed by atoms with Crippen LogP contribution in [0.1, 0.15) is 5.56 Å². The maximum atomic E-state index is 13.2. The third kappa shape index (κ3) is 3.65. The lowest BCUT2D eigenvalue weighted by Gasteiger charge is -2.10. The molecule has 0 aliphatic carbocycles. The predicted molar refractivity (Wildman–Crippen MR) is 91.4 cm³/mol. The van der Waals surface area contributed by atoms with Crippen LogP contribution in [0.3, 0.4) is 0 Å². The molecule has 4 nitrogen and oxygen atoms in total. The second kappa shape index (κ2) is 6.75. The molecule has 23 heavy (non-hydrogen) atoms. The van der Waals surface area contributed by atoms with E-state index in [1.807, 2.05) is 30.3 Å². The summed E-state index contributed by atoms with van der Waals surface area (Å²) in [5.74, 6) is 0.113. The molecule has 0 amide bonds. The highest BCUT2D eigenvalue weighted by Gasteiger charge is 2.10. The van der Waals surface area contributed by atoms with Gasteiger partial charge in [0.05, 0.1) is 6.54 Å². The molecule has 2 aromatic carbocycles. The monoisotopic (exact) mass is 373 g/mol. The Kier molecular flexibility index (Phi) is 4.52. The topological polar surface area (TPSA) is 46.9 Å². The van der Waals surface area contributed by atoms with Gasteiger partial charge in [-0.1, -0.05) is 30.3 Å². The van der Waals surface area contributed by atoms with E-state index in [-0.39, 0.29) is 17.9 Å². The van der Waals surface area contributed by atoms with Crippen LogP contribution < -0.4 is 10.9 Å². The first-order valence-corrected chi connectivity index (χ1v) is 7.74. The second-order valence-corrected chi connectivity index (χ2v) is 5.75. The zero-order valence-corrected chi connectivity index (χ0v) is 13.6. The number of nitrogens with one attached hydrogen (secondary N) is 1. The van der Waals surface area contributed by atoms with Gasteiger partial charge < -0.3 is 5.32 Å². The Morgan fingerprint density at radius 3 is 2.65 bits per heavy atom. The molecule has 0 bridgehead atoms. The smallest absolute Gasteiger partial charge is 0.270 e. The number of para-hydroxylation sites is 1. The van der Waals surface area contributed by atoms with E-state index < -0.39 is 0 Å². The molecule has 0 fully saturated rings. The Hall–Kier alpha value is -2.47. The van der Waals surface area contributed by atoms with Gasteiger partial charge >= 0.3 is 0 Å². The largest absolute Gasteiger partial charge is 0.339 e. The first kappa shape index (κ1) is 15.4. The molecular weight excluding hydrogens is 361 g/mol. The van der Waals surface area contributed by atoms with Crippen LogP contribution >= 0.6 is 15.9 Å². The summed E-state index contributed by atoms with van der Waals surface area (Å²) in [5, 5.41) is 3.08. The maximum absolute atomic E-state index is 13.2. The summed E-state index contributed by atoms with van der Waals surface area (Å²) in [4.78, 5) is 16.7. The molecule has 0 saturated carbocycles. The number of halogens is 2. The van der Waals surface area contributed by atoms with E-state index in [1.165, 1.54) is 23.0 Å².